The molecule has 0 saturated carbocycles. The van der Waals surface area contributed by atoms with Crippen LogP contribution in [0.15, 0.2) is 24.3 Å². The number of carbonyl (C=O) groups excluding carboxylic acids is 1. The molecule has 1 aliphatic heterocycles. The summed E-state index contributed by atoms with van der Waals surface area (Å²) in [6.45, 7) is 0.821. The van der Waals surface area contributed by atoms with Gasteiger partial charge in [0.25, 0.3) is 0 Å². The molecule has 0 radical (unpaired) electrons. The lowest BCUT2D eigenvalue weighted by Crippen LogP contribution is -2.22. The summed E-state index contributed by atoms with van der Waals surface area (Å²) in [4.78, 5) is 11.9. The predicted octanol–water partition coefficient (Wildman–Crippen LogP) is 2.66. The van der Waals surface area contributed by atoms with Crippen molar-refractivity contribution >= 4 is 35.8 Å². The number of nitrogens with one attached hydrogen (secondary N) is 2. The Morgan fingerprint density at radius 2 is 2.33 bits per heavy atom. The quantitative estimate of drug-likeness (QED) is 0.894. The molecule has 3 nitrogen and oxygen atoms in total. The molecule has 0 bridgehead atoms. The van der Waals surface area contributed by atoms with Gasteiger partial charge in [0.15, 0.2) is 0 Å². The Kier molecular flexibility index (Phi) is 6.54. The molecule has 1 aromatic rings. The molecule has 0 spiro atoms. The molecular formula is C13H19ClN2OS. The number of rotatable bonds is 4. The third kappa shape index (κ3) is 4.19. The maximum atomic E-state index is 11.9. The molecule has 18 heavy (non-hydrogen) atoms. The van der Waals surface area contributed by atoms with Crippen LogP contribution >= 0.6 is 24.2 Å². The summed E-state index contributed by atoms with van der Waals surface area (Å²) in [5.74, 6) is 1.26. The van der Waals surface area contributed by atoms with Crippen LogP contribution < -0.4 is 10.6 Å². The van der Waals surface area contributed by atoms with E-state index in [2.05, 4.69) is 16.7 Å². The Morgan fingerprint density at radius 3 is 3.00 bits per heavy atom. The van der Waals surface area contributed by atoms with Crippen LogP contribution in [0.1, 0.15) is 18.4 Å². The maximum Gasteiger partial charge on any atom is 0.237 e. The first-order chi connectivity index (χ1) is 8.29. The first-order valence-corrected chi connectivity index (χ1v) is 7.00. The van der Waals surface area contributed by atoms with Gasteiger partial charge >= 0.3 is 0 Å². The number of hydrogen-bond acceptors (Lipinski definition) is 3. The largest absolute Gasteiger partial charge is 0.325 e. The molecule has 1 saturated heterocycles. The molecule has 1 aromatic carbocycles. The highest BCUT2D eigenvalue weighted by atomic mass is 35.5. The van der Waals surface area contributed by atoms with Crippen molar-refractivity contribution in [3.63, 3.8) is 0 Å². The third-order valence-electron chi connectivity index (χ3n) is 2.80. The second kappa shape index (κ2) is 7.67. The molecule has 0 aliphatic carbocycles. The molecule has 100 valence electrons. The van der Waals surface area contributed by atoms with Gasteiger partial charge in [-0.2, -0.15) is 0 Å². The fraction of sp³-hybridized carbons (Fsp3) is 0.462. The molecule has 1 amide bonds. The highest BCUT2D eigenvalue weighted by Gasteiger charge is 2.23. The lowest BCUT2D eigenvalue weighted by molar-refractivity contribution is -0.115. The molecule has 1 unspecified atom stereocenters. The van der Waals surface area contributed by atoms with Gasteiger partial charge in [-0.05, 0) is 43.3 Å². The number of amides is 1. The minimum Gasteiger partial charge on any atom is -0.325 e. The standard InChI is InChI=1S/C13H18N2OS.ClH/c1-14-9-10-4-2-5-11(8-10)15-13(16)12-6-3-7-17-12;/h2,4-5,8,12,14H,3,6-7,9H2,1H3,(H,15,16);1H. The summed E-state index contributed by atoms with van der Waals surface area (Å²) in [6.07, 6.45) is 2.16. The van der Waals surface area contributed by atoms with Crippen molar-refractivity contribution in [3.8, 4) is 0 Å². The van der Waals surface area contributed by atoms with Crippen molar-refractivity contribution in [1.29, 1.82) is 0 Å². The first kappa shape index (κ1) is 15.3. The van der Waals surface area contributed by atoms with Crippen molar-refractivity contribution in [2.45, 2.75) is 24.6 Å². The van der Waals surface area contributed by atoms with Crippen LogP contribution in [0.4, 0.5) is 5.69 Å². The summed E-state index contributed by atoms with van der Waals surface area (Å²) in [7, 11) is 1.92. The van der Waals surface area contributed by atoms with Crippen LogP contribution in [0.5, 0.6) is 0 Å². The second-order valence-corrected chi connectivity index (χ2v) is 5.53. The number of anilines is 1. The van der Waals surface area contributed by atoms with E-state index in [1.165, 1.54) is 5.56 Å². The van der Waals surface area contributed by atoms with E-state index in [9.17, 15) is 4.79 Å². The molecule has 1 heterocycles. The first-order valence-electron chi connectivity index (χ1n) is 5.95. The van der Waals surface area contributed by atoms with Gasteiger partial charge in [0, 0.05) is 12.2 Å². The summed E-state index contributed by atoms with van der Waals surface area (Å²) < 4.78 is 0. The van der Waals surface area contributed by atoms with Crippen LogP contribution in [0, 0.1) is 0 Å². The SMILES string of the molecule is CNCc1cccc(NC(=O)C2CCCS2)c1.Cl. The highest BCUT2D eigenvalue weighted by molar-refractivity contribution is 8.00. The number of halogens is 1. The van der Waals surface area contributed by atoms with Crippen molar-refractivity contribution < 1.29 is 4.79 Å². The monoisotopic (exact) mass is 286 g/mol. The van der Waals surface area contributed by atoms with Gasteiger partial charge in [0.2, 0.25) is 5.91 Å². The molecule has 0 aromatic heterocycles. The zero-order chi connectivity index (χ0) is 12.1. The van der Waals surface area contributed by atoms with Gasteiger partial charge in [-0.1, -0.05) is 12.1 Å². The van der Waals surface area contributed by atoms with Crippen LogP contribution in [-0.4, -0.2) is 24.0 Å². The molecule has 2 rings (SSSR count). The van der Waals surface area contributed by atoms with E-state index in [0.29, 0.717) is 0 Å². The van der Waals surface area contributed by atoms with E-state index in [4.69, 9.17) is 0 Å². The van der Waals surface area contributed by atoms with Crippen LogP contribution in [0.2, 0.25) is 0 Å². The van der Waals surface area contributed by atoms with Gasteiger partial charge in [0.1, 0.15) is 0 Å². The highest BCUT2D eigenvalue weighted by Crippen LogP contribution is 2.27. The Labute approximate surface area is 119 Å². The number of carbonyl (C=O) groups is 1. The van der Waals surface area contributed by atoms with Crippen molar-refractivity contribution in [3.05, 3.63) is 29.8 Å². The average molecular weight is 287 g/mol. The van der Waals surface area contributed by atoms with Gasteiger partial charge in [-0.25, -0.2) is 0 Å². The molecule has 1 fully saturated rings. The van der Waals surface area contributed by atoms with E-state index >= 15 is 0 Å². The smallest absolute Gasteiger partial charge is 0.237 e. The molecule has 1 aliphatic rings. The van der Waals surface area contributed by atoms with Gasteiger partial charge < -0.3 is 10.6 Å². The van der Waals surface area contributed by atoms with Gasteiger partial charge in [-0.3, -0.25) is 4.79 Å². The summed E-state index contributed by atoms with van der Waals surface area (Å²) >= 11 is 1.76. The van der Waals surface area contributed by atoms with E-state index < -0.39 is 0 Å². The number of benzene rings is 1. The lowest BCUT2D eigenvalue weighted by atomic mass is 10.2. The summed E-state index contributed by atoms with van der Waals surface area (Å²) in [5.41, 5.74) is 2.08. The third-order valence-corrected chi connectivity index (χ3v) is 4.17. The van der Waals surface area contributed by atoms with Crippen LogP contribution in [0.3, 0.4) is 0 Å². The Morgan fingerprint density at radius 1 is 1.50 bits per heavy atom. The Bertz CT molecular complexity index is 394. The zero-order valence-electron chi connectivity index (χ0n) is 10.4. The van der Waals surface area contributed by atoms with Crippen LogP contribution in [0.25, 0.3) is 0 Å². The van der Waals surface area contributed by atoms with Crippen molar-refractivity contribution in [1.82, 2.24) is 5.32 Å². The topological polar surface area (TPSA) is 41.1 Å². The molecular weight excluding hydrogens is 268 g/mol. The Balaban J connectivity index is 0.00000162. The predicted molar refractivity (Wildman–Crippen MR) is 80.6 cm³/mol. The summed E-state index contributed by atoms with van der Waals surface area (Å²) in [6, 6.07) is 7.99. The molecule has 2 N–H and O–H groups in total. The minimum atomic E-state index is 0. The zero-order valence-corrected chi connectivity index (χ0v) is 12.1. The second-order valence-electron chi connectivity index (χ2n) is 4.22. The number of thioether (sulfide) groups is 1. The number of hydrogen-bond donors (Lipinski definition) is 2. The normalized spacial score (nSPS) is 18.2. The van der Waals surface area contributed by atoms with Gasteiger partial charge in [0.05, 0.1) is 5.25 Å². The summed E-state index contributed by atoms with van der Waals surface area (Å²) in [5, 5.41) is 6.24. The Hall–Kier alpha value is -0.710. The van der Waals surface area contributed by atoms with E-state index in [-0.39, 0.29) is 23.6 Å². The van der Waals surface area contributed by atoms with Crippen LogP contribution in [-0.2, 0) is 11.3 Å². The lowest BCUT2D eigenvalue weighted by Gasteiger charge is -2.10. The average Bonchev–Trinajstić information content (AvgIpc) is 2.83. The van der Waals surface area contributed by atoms with E-state index in [1.54, 1.807) is 11.8 Å². The molecule has 5 heteroatoms. The fourth-order valence-corrected chi connectivity index (χ4v) is 3.13. The van der Waals surface area contributed by atoms with Crippen molar-refractivity contribution in [2.24, 2.45) is 0 Å². The van der Waals surface area contributed by atoms with Gasteiger partial charge in [-0.15, -0.1) is 24.2 Å². The minimum absolute atomic E-state index is 0. The fourth-order valence-electron chi connectivity index (χ4n) is 1.97. The van der Waals surface area contributed by atoms with Crippen molar-refractivity contribution in [2.75, 3.05) is 18.1 Å². The van der Waals surface area contributed by atoms with E-state index in [0.717, 1.165) is 30.8 Å². The maximum absolute atomic E-state index is 11.9. The van der Waals surface area contributed by atoms with E-state index in [1.807, 2.05) is 25.2 Å². The molecule has 1 atom stereocenters.